The zero-order chi connectivity index (χ0) is 13.2. The number of anilines is 1. The van der Waals surface area contributed by atoms with Crippen molar-refractivity contribution in [1.82, 2.24) is 10.3 Å². The van der Waals surface area contributed by atoms with Gasteiger partial charge in [-0.15, -0.1) is 0 Å². The van der Waals surface area contributed by atoms with Gasteiger partial charge in [-0.1, -0.05) is 39.0 Å². The van der Waals surface area contributed by atoms with Gasteiger partial charge in [-0.25, -0.2) is 4.98 Å². The van der Waals surface area contributed by atoms with Gasteiger partial charge in [0, 0.05) is 6.54 Å². The molecular formula is C12H21N3OS. The maximum absolute atomic E-state index is 11.9. The van der Waals surface area contributed by atoms with Crippen molar-refractivity contribution in [1.29, 1.82) is 0 Å². The van der Waals surface area contributed by atoms with Crippen molar-refractivity contribution in [3.05, 3.63) is 10.6 Å². The summed E-state index contributed by atoms with van der Waals surface area (Å²) >= 11 is 1.24. The molecule has 0 aliphatic heterocycles. The third-order valence-electron chi connectivity index (χ3n) is 3.07. The average molecular weight is 255 g/mol. The zero-order valence-electron chi connectivity index (χ0n) is 11.1. The standard InChI is InChI=1S/C12H21N3OS/c1-7(12(3,4)5)6-14-10(16)9-8(2)15-11(13)17-9/h7H,6H2,1-5H3,(H2,13,15)(H,14,16). The number of nitrogen functional groups attached to an aromatic ring is 1. The molecule has 0 saturated heterocycles. The molecule has 1 unspecified atom stereocenters. The van der Waals surface area contributed by atoms with Crippen LogP contribution < -0.4 is 11.1 Å². The van der Waals surface area contributed by atoms with E-state index in [1.807, 2.05) is 0 Å². The lowest BCUT2D eigenvalue weighted by Crippen LogP contribution is -2.33. The number of thiazole rings is 1. The summed E-state index contributed by atoms with van der Waals surface area (Å²) in [7, 11) is 0. The molecule has 3 N–H and O–H groups in total. The number of aromatic nitrogens is 1. The molecule has 0 saturated carbocycles. The van der Waals surface area contributed by atoms with Crippen molar-refractivity contribution >= 4 is 22.4 Å². The van der Waals surface area contributed by atoms with Crippen LogP contribution in [0, 0.1) is 18.3 Å². The highest BCUT2D eigenvalue weighted by molar-refractivity contribution is 7.17. The Kier molecular flexibility index (Phi) is 4.14. The molecule has 0 aromatic carbocycles. The number of aryl methyl sites for hydroxylation is 1. The first-order chi connectivity index (χ1) is 7.71. The molecule has 17 heavy (non-hydrogen) atoms. The molecule has 1 atom stereocenters. The minimum absolute atomic E-state index is 0.0761. The lowest BCUT2D eigenvalue weighted by molar-refractivity contribution is 0.0940. The van der Waals surface area contributed by atoms with E-state index in [4.69, 9.17) is 5.73 Å². The van der Waals surface area contributed by atoms with E-state index in [1.54, 1.807) is 6.92 Å². The Labute approximate surface area is 107 Å². The summed E-state index contributed by atoms with van der Waals surface area (Å²) in [6.45, 7) is 11.1. The molecule has 0 radical (unpaired) electrons. The number of nitrogens with zero attached hydrogens (tertiary/aromatic N) is 1. The van der Waals surface area contributed by atoms with E-state index < -0.39 is 0 Å². The number of hydrogen-bond donors (Lipinski definition) is 2. The first kappa shape index (κ1) is 14.0. The summed E-state index contributed by atoms with van der Waals surface area (Å²) in [5.41, 5.74) is 6.46. The molecule has 0 aliphatic rings. The molecule has 1 aromatic heterocycles. The van der Waals surface area contributed by atoms with E-state index >= 15 is 0 Å². The molecule has 0 bridgehead atoms. The average Bonchev–Trinajstić information content (AvgIpc) is 2.52. The summed E-state index contributed by atoms with van der Waals surface area (Å²) in [4.78, 5) is 16.6. The van der Waals surface area contributed by atoms with Crippen LogP contribution in [0.1, 0.15) is 43.1 Å². The van der Waals surface area contributed by atoms with Crippen molar-refractivity contribution in [2.45, 2.75) is 34.6 Å². The minimum Gasteiger partial charge on any atom is -0.375 e. The summed E-state index contributed by atoms with van der Waals surface area (Å²) < 4.78 is 0. The SMILES string of the molecule is Cc1nc(N)sc1C(=O)NCC(C)C(C)(C)C. The van der Waals surface area contributed by atoms with Crippen LogP contribution in [0.3, 0.4) is 0 Å². The fourth-order valence-corrected chi connectivity index (χ4v) is 2.01. The fraction of sp³-hybridized carbons (Fsp3) is 0.667. The van der Waals surface area contributed by atoms with Crippen molar-refractivity contribution in [2.75, 3.05) is 12.3 Å². The quantitative estimate of drug-likeness (QED) is 0.871. The molecule has 1 heterocycles. The van der Waals surface area contributed by atoms with Crippen LogP contribution in [0.15, 0.2) is 0 Å². The summed E-state index contributed by atoms with van der Waals surface area (Å²) in [5.74, 6) is 0.338. The molecule has 1 rings (SSSR count). The number of hydrogen-bond acceptors (Lipinski definition) is 4. The number of amides is 1. The zero-order valence-corrected chi connectivity index (χ0v) is 11.9. The molecule has 0 spiro atoms. The predicted molar refractivity (Wildman–Crippen MR) is 72.2 cm³/mol. The van der Waals surface area contributed by atoms with E-state index in [-0.39, 0.29) is 11.3 Å². The van der Waals surface area contributed by atoms with Crippen molar-refractivity contribution in [3.8, 4) is 0 Å². The van der Waals surface area contributed by atoms with E-state index in [0.29, 0.717) is 28.2 Å². The highest BCUT2D eigenvalue weighted by atomic mass is 32.1. The van der Waals surface area contributed by atoms with Crippen LogP contribution in [0.4, 0.5) is 5.13 Å². The number of carbonyl (C=O) groups excluding carboxylic acids is 1. The molecule has 1 amide bonds. The topological polar surface area (TPSA) is 68.0 Å². The van der Waals surface area contributed by atoms with Gasteiger partial charge in [0.1, 0.15) is 4.88 Å². The monoisotopic (exact) mass is 255 g/mol. The Morgan fingerprint density at radius 1 is 1.53 bits per heavy atom. The maximum atomic E-state index is 11.9. The summed E-state index contributed by atoms with van der Waals surface area (Å²) in [6, 6.07) is 0. The van der Waals surface area contributed by atoms with Gasteiger partial charge in [0.05, 0.1) is 5.69 Å². The first-order valence-corrected chi connectivity index (χ1v) is 6.54. The second-order valence-corrected chi connectivity index (χ2v) is 6.47. The molecule has 1 aromatic rings. The van der Waals surface area contributed by atoms with Gasteiger partial charge in [0.15, 0.2) is 5.13 Å². The molecule has 4 nitrogen and oxygen atoms in total. The molecule has 0 aliphatic carbocycles. The Bertz CT molecular complexity index is 406. The van der Waals surface area contributed by atoms with Crippen LogP contribution in [0.5, 0.6) is 0 Å². The number of nitrogens with two attached hydrogens (primary N) is 1. The highest BCUT2D eigenvalue weighted by Crippen LogP contribution is 2.25. The van der Waals surface area contributed by atoms with E-state index in [1.165, 1.54) is 11.3 Å². The van der Waals surface area contributed by atoms with Crippen LogP contribution in [-0.2, 0) is 0 Å². The van der Waals surface area contributed by atoms with E-state index in [9.17, 15) is 4.79 Å². The highest BCUT2D eigenvalue weighted by Gasteiger charge is 2.21. The van der Waals surface area contributed by atoms with Crippen LogP contribution in [0.2, 0.25) is 0 Å². The largest absolute Gasteiger partial charge is 0.375 e. The Balaban J connectivity index is 2.60. The van der Waals surface area contributed by atoms with E-state index in [2.05, 4.69) is 38.0 Å². The van der Waals surface area contributed by atoms with Gasteiger partial charge in [0.25, 0.3) is 5.91 Å². The third-order valence-corrected chi connectivity index (χ3v) is 4.05. The number of carbonyl (C=O) groups is 1. The van der Waals surface area contributed by atoms with Gasteiger partial charge in [-0.2, -0.15) is 0 Å². The predicted octanol–water partition coefficient (Wildman–Crippen LogP) is 2.45. The Hall–Kier alpha value is -1.10. The Morgan fingerprint density at radius 3 is 2.53 bits per heavy atom. The van der Waals surface area contributed by atoms with Gasteiger partial charge in [-0.3, -0.25) is 4.79 Å². The van der Waals surface area contributed by atoms with Crippen molar-refractivity contribution in [3.63, 3.8) is 0 Å². The van der Waals surface area contributed by atoms with Crippen molar-refractivity contribution in [2.24, 2.45) is 11.3 Å². The normalized spacial score (nSPS) is 13.5. The van der Waals surface area contributed by atoms with Crippen LogP contribution in [0.25, 0.3) is 0 Å². The number of nitrogens with one attached hydrogen (secondary N) is 1. The molecular weight excluding hydrogens is 234 g/mol. The van der Waals surface area contributed by atoms with Crippen LogP contribution in [-0.4, -0.2) is 17.4 Å². The molecule has 5 heteroatoms. The maximum Gasteiger partial charge on any atom is 0.263 e. The lowest BCUT2D eigenvalue weighted by atomic mass is 9.82. The second-order valence-electron chi connectivity index (χ2n) is 5.44. The van der Waals surface area contributed by atoms with Gasteiger partial charge in [0.2, 0.25) is 0 Å². The molecule has 96 valence electrons. The summed E-state index contributed by atoms with van der Waals surface area (Å²) in [5, 5.41) is 3.38. The smallest absolute Gasteiger partial charge is 0.263 e. The fourth-order valence-electron chi connectivity index (χ4n) is 1.26. The van der Waals surface area contributed by atoms with Crippen molar-refractivity contribution < 1.29 is 4.79 Å². The van der Waals surface area contributed by atoms with Crippen LogP contribution >= 0.6 is 11.3 Å². The van der Waals surface area contributed by atoms with E-state index in [0.717, 1.165) is 0 Å². The Morgan fingerprint density at radius 2 is 2.12 bits per heavy atom. The first-order valence-electron chi connectivity index (χ1n) is 5.73. The number of rotatable bonds is 3. The molecule has 0 fully saturated rings. The minimum atomic E-state index is -0.0761. The lowest BCUT2D eigenvalue weighted by Gasteiger charge is -2.27. The third kappa shape index (κ3) is 3.70. The van der Waals surface area contributed by atoms with Gasteiger partial charge < -0.3 is 11.1 Å². The summed E-state index contributed by atoms with van der Waals surface area (Å²) in [6.07, 6.45) is 0. The van der Waals surface area contributed by atoms with Gasteiger partial charge in [-0.05, 0) is 18.3 Å². The second kappa shape index (κ2) is 5.04. The van der Waals surface area contributed by atoms with Gasteiger partial charge >= 0.3 is 0 Å².